The van der Waals surface area contributed by atoms with Gasteiger partial charge in [-0.05, 0) is 19.1 Å². The first kappa shape index (κ1) is 11.7. The van der Waals surface area contributed by atoms with E-state index in [1.165, 1.54) is 0 Å². The summed E-state index contributed by atoms with van der Waals surface area (Å²) < 4.78 is 5.45. The third kappa shape index (κ3) is 2.06. The maximum Gasteiger partial charge on any atom is 0.126 e. The molecule has 0 saturated heterocycles. The summed E-state index contributed by atoms with van der Waals surface area (Å²) in [7, 11) is 1.70. The number of ether oxygens (including phenoxy) is 1. The van der Waals surface area contributed by atoms with Crippen molar-refractivity contribution in [2.24, 2.45) is 0 Å². The van der Waals surface area contributed by atoms with Crippen LogP contribution >= 0.6 is 0 Å². The summed E-state index contributed by atoms with van der Waals surface area (Å²) in [5.74, 6) is 0.889. The molecule has 2 heteroatoms. The Kier molecular flexibility index (Phi) is 2.92. The highest BCUT2D eigenvalue weighted by Crippen LogP contribution is 2.30. The number of methoxy groups -OCH3 is 1. The molecule has 0 N–H and O–H groups in total. The fourth-order valence-electron chi connectivity index (χ4n) is 2.35. The smallest absolute Gasteiger partial charge is 0.126 e. The van der Waals surface area contributed by atoms with E-state index in [0.717, 1.165) is 33.5 Å². The minimum Gasteiger partial charge on any atom is -0.496 e. The average molecular weight is 249 g/mol. The van der Waals surface area contributed by atoms with Crippen LogP contribution in [0, 0.1) is 6.92 Å². The highest BCUT2D eigenvalue weighted by atomic mass is 16.5. The molecule has 0 aliphatic rings. The fraction of sp³-hybridized carbons (Fsp3) is 0.118. The molecule has 1 aromatic heterocycles. The SMILES string of the molecule is COc1cccc2c(C)nc(-c3ccccc3)cc12. The van der Waals surface area contributed by atoms with Crippen LogP contribution in [0.15, 0.2) is 54.6 Å². The van der Waals surface area contributed by atoms with Gasteiger partial charge < -0.3 is 4.74 Å². The Hall–Kier alpha value is -2.35. The second kappa shape index (κ2) is 4.73. The molecule has 0 spiro atoms. The first-order chi connectivity index (χ1) is 9.29. The maximum absolute atomic E-state index is 5.45. The first-order valence-electron chi connectivity index (χ1n) is 6.29. The average Bonchev–Trinajstić information content (AvgIpc) is 2.47. The van der Waals surface area contributed by atoms with Crippen LogP contribution in [0.1, 0.15) is 5.69 Å². The lowest BCUT2D eigenvalue weighted by atomic mass is 10.0. The van der Waals surface area contributed by atoms with Crippen LogP contribution in [0.2, 0.25) is 0 Å². The lowest BCUT2D eigenvalue weighted by molar-refractivity contribution is 0.420. The van der Waals surface area contributed by atoms with Gasteiger partial charge in [0.05, 0.1) is 12.8 Å². The molecule has 0 saturated carbocycles. The fourth-order valence-corrected chi connectivity index (χ4v) is 2.35. The molecular formula is C17H15NO. The standard InChI is InChI=1S/C17H15NO/c1-12-14-9-6-10-17(19-2)15(14)11-16(18-12)13-7-4-3-5-8-13/h3-11H,1-2H3. The molecule has 0 fully saturated rings. The van der Waals surface area contributed by atoms with E-state index in [0.29, 0.717) is 0 Å². The minimum absolute atomic E-state index is 0.889. The van der Waals surface area contributed by atoms with Gasteiger partial charge in [0.15, 0.2) is 0 Å². The van der Waals surface area contributed by atoms with Crippen LogP contribution in [0.25, 0.3) is 22.0 Å². The second-order valence-corrected chi connectivity index (χ2v) is 4.51. The lowest BCUT2D eigenvalue weighted by Gasteiger charge is -2.10. The number of benzene rings is 2. The highest BCUT2D eigenvalue weighted by Gasteiger charge is 2.08. The number of aromatic nitrogens is 1. The Morgan fingerprint density at radius 1 is 0.895 bits per heavy atom. The monoisotopic (exact) mass is 249 g/mol. The molecule has 2 nitrogen and oxygen atoms in total. The molecule has 0 amide bonds. The van der Waals surface area contributed by atoms with Gasteiger partial charge in [0.1, 0.15) is 5.75 Å². The van der Waals surface area contributed by atoms with E-state index in [9.17, 15) is 0 Å². The van der Waals surface area contributed by atoms with Crippen molar-refractivity contribution in [1.82, 2.24) is 4.98 Å². The Morgan fingerprint density at radius 3 is 2.42 bits per heavy atom. The van der Waals surface area contributed by atoms with Crippen molar-refractivity contribution < 1.29 is 4.74 Å². The molecular weight excluding hydrogens is 234 g/mol. The Balaban J connectivity index is 2.29. The third-order valence-electron chi connectivity index (χ3n) is 3.31. The van der Waals surface area contributed by atoms with Gasteiger partial charge in [-0.2, -0.15) is 0 Å². The van der Waals surface area contributed by atoms with Crippen molar-refractivity contribution in [2.45, 2.75) is 6.92 Å². The number of aryl methyl sites for hydroxylation is 1. The second-order valence-electron chi connectivity index (χ2n) is 4.51. The van der Waals surface area contributed by atoms with Crippen molar-refractivity contribution >= 4 is 10.8 Å². The summed E-state index contributed by atoms with van der Waals surface area (Å²) in [4.78, 5) is 4.69. The predicted molar refractivity (Wildman–Crippen MR) is 78.5 cm³/mol. The van der Waals surface area contributed by atoms with Crippen molar-refractivity contribution in [3.63, 3.8) is 0 Å². The predicted octanol–water partition coefficient (Wildman–Crippen LogP) is 4.22. The molecule has 3 aromatic rings. The molecule has 3 rings (SSSR count). The topological polar surface area (TPSA) is 22.1 Å². The van der Waals surface area contributed by atoms with Crippen LogP contribution in [0.5, 0.6) is 5.75 Å². The van der Waals surface area contributed by atoms with Gasteiger partial charge in [-0.15, -0.1) is 0 Å². The minimum atomic E-state index is 0.889. The van der Waals surface area contributed by atoms with E-state index in [2.05, 4.69) is 24.3 Å². The van der Waals surface area contributed by atoms with Crippen molar-refractivity contribution in [1.29, 1.82) is 0 Å². The summed E-state index contributed by atoms with van der Waals surface area (Å²) in [5, 5.41) is 2.25. The van der Waals surface area contributed by atoms with Crippen LogP contribution in [0.3, 0.4) is 0 Å². The Bertz CT molecular complexity index is 720. The van der Waals surface area contributed by atoms with Gasteiger partial charge in [0.25, 0.3) is 0 Å². The third-order valence-corrected chi connectivity index (χ3v) is 3.31. The van der Waals surface area contributed by atoms with Crippen molar-refractivity contribution in [3.05, 3.63) is 60.3 Å². The van der Waals surface area contributed by atoms with Crippen molar-refractivity contribution in [2.75, 3.05) is 7.11 Å². The molecule has 0 bridgehead atoms. The van der Waals surface area contributed by atoms with Gasteiger partial charge in [0.2, 0.25) is 0 Å². The molecule has 1 heterocycles. The van der Waals surface area contributed by atoms with Gasteiger partial charge in [-0.25, -0.2) is 0 Å². The van der Waals surface area contributed by atoms with E-state index in [-0.39, 0.29) is 0 Å². The highest BCUT2D eigenvalue weighted by molar-refractivity contribution is 5.92. The van der Waals surface area contributed by atoms with Gasteiger partial charge in [0, 0.05) is 22.0 Å². The zero-order valence-corrected chi connectivity index (χ0v) is 11.1. The molecule has 0 unspecified atom stereocenters. The molecule has 0 aliphatic carbocycles. The maximum atomic E-state index is 5.45. The number of rotatable bonds is 2. The van der Waals surface area contributed by atoms with Crippen LogP contribution in [-0.4, -0.2) is 12.1 Å². The molecule has 0 radical (unpaired) electrons. The van der Waals surface area contributed by atoms with Crippen LogP contribution in [-0.2, 0) is 0 Å². The van der Waals surface area contributed by atoms with Gasteiger partial charge in [-0.3, -0.25) is 4.98 Å². The zero-order chi connectivity index (χ0) is 13.2. The van der Waals surface area contributed by atoms with E-state index in [1.54, 1.807) is 7.11 Å². The zero-order valence-electron chi connectivity index (χ0n) is 11.1. The van der Waals surface area contributed by atoms with Crippen molar-refractivity contribution in [3.8, 4) is 17.0 Å². The normalized spacial score (nSPS) is 10.6. The van der Waals surface area contributed by atoms with Crippen LogP contribution < -0.4 is 4.74 Å². The number of hydrogen-bond donors (Lipinski definition) is 0. The van der Waals surface area contributed by atoms with E-state index >= 15 is 0 Å². The summed E-state index contributed by atoms with van der Waals surface area (Å²) >= 11 is 0. The number of hydrogen-bond acceptors (Lipinski definition) is 2. The molecule has 0 aliphatic heterocycles. The van der Waals surface area contributed by atoms with Gasteiger partial charge in [-0.1, -0.05) is 42.5 Å². The quantitative estimate of drug-likeness (QED) is 0.678. The summed E-state index contributed by atoms with van der Waals surface area (Å²) in [5.41, 5.74) is 3.13. The summed E-state index contributed by atoms with van der Waals surface area (Å²) in [6.45, 7) is 2.04. The lowest BCUT2D eigenvalue weighted by Crippen LogP contribution is -1.92. The Labute approximate surface area is 112 Å². The molecule has 0 atom stereocenters. The molecule has 94 valence electrons. The number of fused-ring (bicyclic) bond motifs is 1. The van der Waals surface area contributed by atoms with E-state index in [4.69, 9.17) is 9.72 Å². The number of nitrogens with zero attached hydrogens (tertiary/aromatic N) is 1. The number of pyridine rings is 1. The first-order valence-corrected chi connectivity index (χ1v) is 6.29. The summed E-state index contributed by atoms with van der Waals surface area (Å²) in [6, 6.07) is 18.4. The summed E-state index contributed by atoms with van der Waals surface area (Å²) in [6.07, 6.45) is 0. The van der Waals surface area contributed by atoms with E-state index < -0.39 is 0 Å². The molecule has 2 aromatic carbocycles. The Morgan fingerprint density at radius 2 is 1.68 bits per heavy atom. The van der Waals surface area contributed by atoms with Crippen LogP contribution in [0.4, 0.5) is 0 Å². The van der Waals surface area contributed by atoms with Gasteiger partial charge >= 0.3 is 0 Å². The largest absolute Gasteiger partial charge is 0.496 e. The van der Waals surface area contributed by atoms with E-state index in [1.807, 2.05) is 37.3 Å². The molecule has 19 heavy (non-hydrogen) atoms.